The van der Waals surface area contributed by atoms with E-state index in [0.717, 1.165) is 64.2 Å². The summed E-state index contributed by atoms with van der Waals surface area (Å²) >= 11 is 0. The number of carbonyl (C=O) groups is 9. The van der Waals surface area contributed by atoms with Crippen LogP contribution in [0.4, 0.5) is 14.4 Å². The molecule has 15 atom stereocenters. The molecule has 18 N–H and O–H groups in total. The first kappa shape index (κ1) is 93.2. The highest BCUT2D eigenvalue weighted by molar-refractivity contribution is 5.77. The Labute approximate surface area is 615 Å². The van der Waals surface area contributed by atoms with Gasteiger partial charge in [-0.15, -0.1) is 0 Å². The van der Waals surface area contributed by atoms with Crippen molar-refractivity contribution in [2.45, 2.75) is 280 Å². The molecule has 3 saturated heterocycles. The lowest BCUT2D eigenvalue weighted by Crippen LogP contribution is -2.64. The van der Waals surface area contributed by atoms with E-state index in [4.69, 9.17) is 42.6 Å². The molecular weight excluding hydrogens is 1390 g/mol. The summed E-state index contributed by atoms with van der Waals surface area (Å²) in [6, 6.07) is -3.21. The van der Waals surface area contributed by atoms with Crippen molar-refractivity contribution in [3.05, 3.63) is 0 Å². The molecule has 15 unspecified atom stereocenters. The van der Waals surface area contributed by atoms with Crippen molar-refractivity contribution < 1.29 is 132 Å². The maximum absolute atomic E-state index is 12.7. The van der Waals surface area contributed by atoms with E-state index >= 15 is 0 Å². The molecule has 0 aromatic carbocycles. The Hall–Kier alpha value is -5.97. The minimum atomic E-state index is -1.43. The molecule has 3 aliphatic heterocycles. The van der Waals surface area contributed by atoms with Gasteiger partial charge < -0.3 is 136 Å². The highest BCUT2D eigenvalue weighted by Gasteiger charge is 2.48. The standard InChI is InChI=1S/C69H125N9O27/c1-5-69(27-21-39-100-66(94)73-33-15-9-6-12-30-70-51(85)24-18-36-97-63-54(76-45(2)82)60(91)57(88)48(42-79)103-63,28-22-40-101-67(95)74-34-16-10-7-13-31-71-52(86)25-19-37-98-64-55(77-46(3)83)61(92)58(89)49(43-80)104-64)29-23-41-102-68(96)75-35-17-11-8-14-32-72-53(87)26-20-38-99-65-56(78-47(4)84)62(93)59(90)50(44-81)105-65/h48-50,54-65,79-81,88-93H,5-44H2,1-4H3,(H,70,85)(H,71,86)(H,72,87)(H,73,94)(H,74,95)(H,75,96)(H,76,82)(H,77,83)(H,78,84). The summed E-state index contributed by atoms with van der Waals surface area (Å²) in [6.07, 6.45) is -2.03. The lowest BCUT2D eigenvalue weighted by atomic mass is 9.73. The van der Waals surface area contributed by atoms with Crippen LogP contribution >= 0.6 is 0 Å². The van der Waals surface area contributed by atoms with Gasteiger partial charge in [0, 0.05) is 79.3 Å². The van der Waals surface area contributed by atoms with E-state index in [-0.39, 0.29) is 82.0 Å². The van der Waals surface area contributed by atoms with Crippen LogP contribution in [-0.4, -0.2) is 290 Å². The molecule has 0 radical (unpaired) electrons. The molecule has 0 aromatic heterocycles. The molecule has 3 heterocycles. The number of rotatable bonds is 55. The average Bonchev–Trinajstić information content (AvgIpc) is 0.831. The van der Waals surface area contributed by atoms with Crippen LogP contribution in [0.2, 0.25) is 0 Å². The topological polar surface area (TPSA) is 527 Å². The number of alkyl carbamates (subject to hydrolysis) is 3. The molecule has 3 rings (SSSR count). The first-order valence-corrected chi connectivity index (χ1v) is 37.4. The smallest absolute Gasteiger partial charge is 0.407 e. The van der Waals surface area contributed by atoms with Gasteiger partial charge in [-0.3, -0.25) is 28.8 Å². The minimum Gasteiger partial charge on any atom is -0.450 e. The van der Waals surface area contributed by atoms with E-state index in [0.29, 0.717) is 116 Å². The number of amides is 9. The SMILES string of the molecule is CCC(CCCOC(=O)NCCCCCCNC(=O)CCCOC1OC(CO)C(O)C(O)C1NC(C)=O)(CCCOC(=O)NCCCCCCNC(=O)CCCOC1OC(CO)C(O)C(O)C1NC(C)=O)CCCOC(=O)NCCCCCCNC(=O)CCCOC1OC(CO)C(O)C(O)C1NC(C)=O. The zero-order valence-corrected chi connectivity index (χ0v) is 61.8. The Morgan fingerprint density at radius 1 is 0.333 bits per heavy atom. The number of carbonyl (C=O) groups excluding carboxylic acids is 9. The number of aliphatic hydroxyl groups is 9. The van der Waals surface area contributed by atoms with Gasteiger partial charge in [-0.1, -0.05) is 51.9 Å². The fourth-order valence-corrected chi connectivity index (χ4v) is 12.4. The van der Waals surface area contributed by atoms with Crippen LogP contribution in [0.25, 0.3) is 0 Å². The highest BCUT2D eigenvalue weighted by atomic mass is 16.7. The van der Waals surface area contributed by atoms with Gasteiger partial charge in [-0.2, -0.15) is 0 Å². The monoisotopic (exact) mass is 1510 g/mol. The van der Waals surface area contributed by atoms with Crippen LogP contribution in [0.1, 0.15) is 188 Å². The van der Waals surface area contributed by atoms with Gasteiger partial charge in [-0.25, -0.2) is 14.4 Å². The van der Waals surface area contributed by atoms with Crippen LogP contribution in [0.15, 0.2) is 0 Å². The lowest BCUT2D eigenvalue weighted by molar-refractivity contribution is -0.270. The number of aliphatic hydroxyl groups excluding tert-OH is 9. The van der Waals surface area contributed by atoms with Crippen molar-refractivity contribution in [1.82, 2.24) is 47.9 Å². The zero-order valence-electron chi connectivity index (χ0n) is 61.8. The summed E-state index contributed by atoms with van der Waals surface area (Å²) < 4.78 is 50.2. The number of nitrogens with one attached hydrogen (secondary N) is 9. The van der Waals surface area contributed by atoms with Crippen molar-refractivity contribution in [1.29, 1.82) is 0 Å². The maximum Gasteiger partial charge on any atom is 0.407 e. The summed E-state index contributed by atoms with van der Waals surface area (Å²) in [4.78, 5) is 110. The molecule has 3 aliphatic rings. The third-order valence-electron chi connectivity index (χ3n) is 18.3. The molecule has 0 saturated carbocycles. The summed E-state index contributed by atoms with van der Waals surface area (Å²) in [5, 5.41) is 115. The molecule has 608 valence electrons. The van der Waals surface area contributed by atoms with Gasteiger partial charge in [0.15, 0.2) is 18.9 Å². The normalized spacial score (nSPS) is 24.9. The van der Waals surface area contributed by atoms with E-state index in [2.05, 4.69) is 54.8 Å². The summed E-state index contributed by atoms with van der Waals surface area (Å²) in [5.74, 6) is -1.98. The van der Waals surface area contributed by atoms with E-state index in [1.54, 1.807) is 0 Å². The predicted molar refractivity (Wildman–Crippen MR) is 375 cm³/mol. The molecule has 9 amide bonds. The van der Waals surface area contributed by atoms with E-state index in [1.165, 1.54) is 20.8 Å². The summed E-state index contributed by atoms with van der Waals surface area (Å²) in [5.41, 5.74) is -0.250. The number of hydrogen-bond acceptors (Lipinski definition) is 27. The Bertz CT molecular complexity index is 2230. The second-order valence-electron chi connectivity index (χ2n) is 26.9. The number of hydrogen-bond donors (Lipinski definition) is 18. The van der Waals surface area contributed by atoms with Gasteiger partial charge in [0.05, 0.1) is 59.5 Å². The van der Waals surface area contributed by atoms with Crippen LogP contribution in [0.5, 0.6) is 0 Å². The minimum absolute atomic E-state index is 0.0554. The zero-order chi connectivity index (χ0) is 77.4. The van der Waals surface area contributed by atoms with Crippen molar-refractivity contribution in [2.24, 2.45) is 5.41 Å². The number of ether oxygens (including phenoxy) is 9. The fraction of sp³-hybridized carbons (Fsp3) is 0.870. The Balaban J connectivity index is 1.32. The van der Waals surface area contributed by atoms with Crippen LogP contribution in [0, 0.1) is 5.41 Å². The number of unbranched alkanes of at least 4 members (excludes halogenated alkanes) is 9. The fourth-order valence-electron chi connectivity index (χ4n) is 12.4. The van der Waals surface area contributed by atoms with E-state index < -0.39 is 148 Å². The van der Waals surface area contributed by atoms with Crippen molar-refractivity contribution in [2.75, 3.05) is 98.7 Å². The maximum atomic E-state index is 12.7. The second-order valence-corrected chi connectivity index (χ2v) is 26.9. The van der Waals surface area contributed by atoms with Gasteiger partial charge in [0.2, 0.25) is 35.4 Å². The Kier molecular flexibility index (Phi) is 48.5. The van der Waals surface area contributed by atoms with E-state index in [9.17, 15) is 89.1 Å². The van der Waals surface area contributed by atoms with Gasteiger partial charge in [0.1, 0.15) is 73.1 Å². The van der Waals surface area contributed by atoms with Crippen molar-refractivity contribution in [3.63, 3.8) is 0 Å². The quantitative estimate of drug-likeness (QED) is 0.0261. The third kappa shape index (κ3) is 38.6. The summed E-state index contributed by atoms with van der Waals surface area (Å²) in [6.45, 7) is 7.32. The first-order valence-electron chi connectivity index (χ1n) is 37.4. The van der Waals surface area contributed by atoms with Crippen LogP contribution in [-0.2, 0) is 71.4 Å². The van der Waals surface area contributed by atoms with Gasteiger partial charge in [0.25, 0.3) is 0 Å². The average molecular weight is 1510 g/mol. The molecule has 0 bridgehead atoms. The Morgan fingerprint density at radius 2 is 0.581 bits per heavy atom. The molecule has 0 spiro atoms. The van der Waals surface area contributed by atoms with Crippen molar-refractivity contribution >= 4 is 53.7 Å². The van der Waals surface area contributed by atoms with Gasteiger partial charge in [-0.05, 0) is 102 Å². The van der Waals surface area contributed by atoms with E-state index in [1.807, 2.05) is 0 Å². The molecule has 36 nitrogen and oxygen atoms in total. The summed E-state index contributed by atoms with van der Waals surface area (Å²) in [7, 11) is 0. The van der Waals surface area contributed by atoms with Crippen LogP contribution in [0.3, 0.4) is 0 Å². The molecular formula is C69H125N9O27. The van der Waals surface area contributed by atoms with Gasteiger partial charge >= 0.3 is 18.3 Å². The molecule has 0 aromatic rings. The lowest BCUT2D eigenvalue weighted by Gasteiger charge is -2.42. The largest absolute Gasteiger partial charge is 0.450 e. The highest BCUT2D eigenvalue weighted by Crippen LogP contribution is 2.39. The molecule has 3 fully saturated rings. The molecule has 105 heavy (non-hydrogen) atoms. The molecule has 36 heteroatoms. The second kappa shape index (κ2) is 54.6. The van der Waals surface area contributed by atoms with Crippen molar-refractivity contribution in [3.8, 4) is 0 Å². The first-order chi connectivity index (χ1) is 50.4. The third-order valence-corrected chi connectivity index (χ3v) is 18.3. The molecule has 0 aliphatic carbocycles. The van der Waals surface area contributed by atoms with Crippen LogP contribution < -0.4 is 47.9 Å². The predicted octanol–water partition coefficient (Wildman–Crippen LogP) is -0.847. The Morgan fingerprint density at radius 3 is 0.810 bits per heavy atom.